The van der Waals surface area contributed by atoms with Crippen LogP contribution in [0.15, 0.2) is 21.2 Å². The second-order valence-electron chi connectivity index (χ2n) is 3.06. The van der Waals surface area contributed by atoms with Crippen molar-refractivity contribution in [2.45, 2.75) is 4.21 Å². The largest absolute Gasteiger partial charge is 0.507 e. The molecule has 0 amide bonds. The molecule has 0 spiro atoms. The number of fused-ring (bicyclic) bond motifs is 1. The molecular weight excluding hydrogens is 248 g/mol. The average molecular weight is 256 g/mol. The monoisotopic (exact) mass is 256 g/mol. The van der Waals surface area contributed by atoms with E-state index in [1.165, 1.54) is 23.1 Å². The van der Waals surface area contributed by atoms with Crippen LogP contribution in [0, 0.1) is 0 Å². The molecule has 0 atom stereocenters. The van der Waals surface area contributed by atoms with Crippen LogP contribution in [-0.4, -0.2) is 29.7 Å². The minimum absolute atomic E-state index is 0.106. The van der Waals surface area contributed by atoms with E-state index in [-0.39, 0.29) is 11.3 Å². The van der Waals surface area contributed by atoms with Crippen LogP contribution in [0.5, 0.6) is 0 Å². The van der Waals surface area contributed by atoms with Crippen LogP contribution in [-0.2, 0) is 14.3 Å². The number of esters is 1. The summed E-state index contributed by atoms with van der Waals surface area (Å²) in [5.41, 5.74) is 0.733. The number of rotatable bonds is 2. The third kappa shape index (κ3) is 1.74. The Morgan fingerprint density at radius 2 is 2.25 bits per heavy atom. The molecule has 0 saturated carbocycles. The maximum absolute atomic E-state index is 11.6. The minimum Gasteiger partial charge on any atom is -0.507 e. The molecule has 1 N–H and O–H groups in total. The smallest absolute Gasteiger partial charge is 0.379 e. The number of hydrogen-bond donors (Lipinski definition) is 1. The van der Waals surface area contributed by atoms with E-state index < -0.39 is 11.8 Å². The fourth-order valence-electron chi connectivity index (χ4n) is 1.34. The second-order valence-corrected chi connectivity index (χ2v) is 5.22. The number of thiophene rings is 1. The molecule has 0 fully saturated rings. The van der Waals surface area contributed by atoms with Gasteiger partial charge in [0.1, 0.15) is 5.76 Å². The Hall–Kier alpha value is -1.27. The van der Waals surface area contributed by atoms with Gasteiger partial charge in [-0.15, -0.1) is 23.1 Å². The van der Waals surface area contributed by atoms with E-state index in [0.717, 1.165) is 11.3 Å². The van der Waals surface area contributed by atoms with Crippen LogP contribution >= 0.6 is 23.1 Å². The first-order chi connectivity index (χ1) is 7.65. The summed E-state index contributed by atoms with van der Waals surface area (Å²) in [7, 11) is 1.14. The highest BCUT2D eigenvalue weighted by Gasteiger charge is 2.29. The Morgan fingerprint density at radius 1 is 1.50 bits per heavy atom. The van der Waals surface area contributed by atoms with Gasteiger partial charge in [-0.25, -0.2) is 4.79 Å². The van der Waals surface area contributed by atoms with Gasteiger partial charge in [-0.1, -0.05) is 0 Å². The third-order valence-electron chi connectivity index (χ3n) is 2.16. The van der Waals surface area contributed by atoms with E-state index in [1.807, 2.05) is 5.38 Å². The highest BCUT2D eigenvalue weighted by atomic mass is 32.2. The summed E-state index contributed by atoms with van der Waals surface area (Å²) in [6, 6.07) is 1.73. The number of carbonyl (C=O) groups is 2. The molecule has 1 aromatic heterocycles. The van der Waals surface area contributed by atoms with Crippen LogP contribution in [0.25, 0.3) is 5.76 Å². The van der Waals surface area contributed by atoms with Crippen molar-refractivity contribution < 1.29 is 19.4 Å². The van der Waals surface area contributed by atoms with Crippen molar-refractivity contribution in [3.8, 4) is 0 Å². The number of aliphatic hydroxyl groups excluding tert-OH is 1. The number of methoxy groups -OCH3 is 1. The first kappa shape index (κ1) is 11.2. The van der Waals surface area contributed by atoms with Gasteiger partial charge in [-0.2, -0.15) is 0 Å². The first-order valence-electron chi connectivity index (χ1n) is 4.40. The Bertz CT molecular complexity index is 487. The van der Waals surface area contributed by atoms with Crippen molar-refractivity contribution in [2.24, 2.45) is 0 Å². The molecule has 0 unspecified atom stereocenters. The summed E-state index contributed by atoms with van der Waals surface area (Å²) >= 11 is 2.93. The van der Waals surface area contributed by atoms with E-state index in [1.54, 1.807) is 6.07 Å². The van der Waals surface area contributed by atoms with Crippen LogP contribution in [0.2, 0.25) is 0 Å². The van der Waals surface area contributed by atoms with Gasteiger partial charge in [0, 0.05) is 11.3 Å². The maximum atomic E-state index is 11.6. The Balaban J connectivity index is 2.40. The van der Waals surface area contributed by atoms with Crippen molar-refractivity contribution in [3.05, 3.63) is 22.6 Å². The summed E-state index contributed by atoms with van der Waals surface area (Å²) in [6.45, 7) is 0. The van der Waals surface area contributed by atoms with E-state index in [4.69, 9.17) is 0 Å². The molecule has 6 heteroatoms. The van der Waals surface area contributed by atoms with E-state index in [9.17, 15) is 14.7 Å². The lowest BCUT2D eigenvalue weighted by atomic mass is 10.1. The standard InChI is InChI=1S/C10H8O4S2/c1-14-9(13)8(12)6-4-16-10-5(7(6)11)2-3-15-10/h2-3,11H,4H2,1H3. The summed E-state index contributed by atoms with van der Waals surface area (Å²) in [5, 5.41) is 11.7. The zero-order chi connectivity index (χ0) is 11.7. The molecule has 84 valence electrons. The lowest BCUT2D eigenvalue weighted by Crippen LogP contribution is -2.21. The predicted molar refractivity (Wildman–Crippen MR) is 61.6 cm³/mol. The van der Waals surface area contributed by atoms with Gasteiger partial charge in [0.25, 0.3) is 5.78 Å². The highest BCUT2D eigenvalue weighted by Crippen LogP contribution is 2.39. The molecule has 1 aliphatic heterocycles. The molecule has 0 bridgehead atoms. The molecule has 4 nitrogen and oxygen atoms in total. The molecule has 0 aromatic carbocycles. The fourth-order valence-corrected chi connectivity index (χ4v) is 3.44. The van der Waals surface area contributed by atoms with Crippen LogP contribution < -0.4 is 0 Å². The van der Waals surface area contributed by atoms with E-state index in [2.05, 4.69) is 4.74 Å². The second kappa shape index (κ2) is 4.31. The molecule has 0 radical (unpaired) electrons. The van der Waals surface area contributed by atoms with Crippen molar-refractivity contribution in [2.75, 3.05) is 12.9 Å². The van der Waals surface area contributed by atoms with Crippen LogP contribution in [0.3, 0.4) is 0 Å². The first-order valence-corrected chi connectivity index (χ1v) is 6.27. The van der Waals surface area contributed by atoms with Crippen molar-refractivity contribution in [1.82, 2.24) is 0 Å². The molecule has 16 heavy (non-hydrogen) atoms. The highest BCUT2D eigenvalue weighted by molar-refractivity contribution is 8.01. The maximum Gasteiger partial charge on any atom is 0.379 e. The van der Waals surface area contributed by atoms with Gasteiger partial charge in [0.2, 0.25) is 0 Å². The third-order valence-corrected chi connectivity index (χ3v) is 4.43. The van der Waals surface area contributed by atoms with E-state index >= 15 is 0 Å². The minimum atomic E-state index is -0.944. The van der Waals surface area contributed by atoms with Gasteiger partial charge in [-0.05, 0) is 11.4 Å². The van der Waals surface area contributed by atoms with Gasteiger partial charge < -0.3 is 9.84 Å². The summed E-state index contributed by atoms with van der Waals surface area (Å²) in [4.78, 5) is 22.7. The zero-order valence-electron chi connectivity index (χ0n) is 8.35. The molecule has 2 heterocycles. The van der Waals surface area contributed by atoms with Gasteiger partial charge >= 0.3 is 5.97 Å². The van der Waals surface area contributed by atoms with Crippen LogP contribution in [0.4, 0.5) is 0 Å². The molecule has 0 saturated heterocycles. The number of carbonyl (C=O) groups excluding carboxylic acids is 2. The fraction of sp³-hybridized carbons (Fsp3) is 0.200. The topological polar surface area (TPSA) is 63.6 Å². The number of ketones is 1. The van der Waals surface area contributed by atoms with Crippen LogP contribution in [0.1, 0.15) is 5.56 Å². The number of thioether (sulfide) groups is 1. The molecule has 1 aromatic rings. The summed E-state index contributed by atoms with van der Waals surface area (Å²) in [6.07, 6.45) is 0. The quantitative estimate of drug-likeness (QED) is 0.646. The van der Waals surface area contributed by atoms with Gasteiger partial charge in [0.05, 0.1) is 16.9 Å². The normalized spacial score (nSPS) is 14.6. The molecular formula is C10H8O4S2. The Kier molecular flexibility index (Phi) is 3.02. The molecule has 1 aliphatic rings. The average Bonchev–Trinajstić information content (AvgIpc) is 2.76. The zero-order valence-corrected chi connectivity index (χ0v) is 9.98. The molecule has 0 aliphatic carbocycles. The number of ether oxygens (including phenoxy) is 1. The predicted octanol–water partition coefficient (Wildman–Crippen LogP) is 1.86. The summed E-state index contributed by atoms with van der Waals surface area (Å²) < 4.78 is 5.30. The van der Waals surface area contributed by atoms with Crippen molar-refractivity contribution in [1.29, 1.82) is 0 Å². The lowest BCUT2D eigenvalue weighted by molar-refractivity contribution is -0.149. The molecule has 2 rings (SSSR count). The summed E-state index contributed by atoms with van der Waals surface area (Å²) in [5.74, 6) is -1.52. The Morgan fingerprint density at radius 3 is 2.94 bits per heavy atom. The SMILES string of the molecule is COC(=O)C(=O)C1=C(O)c2ccsc2SC1. The van der Waals surface area contributed by atoms with Crippen molar-refractivity contribution in [3.63, 3.8) is 0 Å². The number of hydrogen-bond acceptors (Lipinski definition) is 6. The van der Waals surface area contributed by atoms with E-state index in [0.29, 0.717) is 11.3 Å². The van der Waals surface area contributed by atoms with Gasteiger partial charge in [-0.3, -0.25) is 4.79 Å². The Labute approximate surface area is 99.9 Å². The number of Topliss-reactive ketones (excluding diaryl/α,β-unsaturated/α-hetero) is 1. The van der Waals surface area contributed by atoms with Gasteiger partial charge in [0.15, 0.2) is 0 Å². The van der Waals surface area contributed by atoms with Crippen molar-refractivity contribution >= 4 is 40.6 Å². The number of aliphatic hydroxyl groups is 1. The lowest BCUT2D eigenvalue weighted by Gasteiger charge is -2.14.